The molecule has 0 bridgehead atoms. The number of carbonyl (C=O) groups excluding carboxylic acids is 3. The van der Waals surface area contributed by atoms with Crippen LogP contribution in [0, 0.1) is 0 Å². The molecule has 158 valence electrons. The summed E-state index contributed by atoms with van der Waals surface area (Å²) in [6.45, 7) is 0.411. The van der Waals surface area contributed by atoms with Crippen molar-refractivity contribution in [3.63, 3.8) is 0 Å². The molecule has 0 spiro atoms. The van der Waals surface area contributed by atoms with Gasteiger partial charge in [-0.2, -0.15) is 0 Å². The fourth-order valence-corrected chi connectivity index (χ4v) is 3.97. The Morgan fingerprint density at radius 1 is 0.931 bits per heavy atom. The van der Waals surface area contributed by atoms with Gasteiger partial charge in [0.15, 0.2) is 0 Å². The van der Waals surface area contributed by atoms with Crippen molar-refractivity contribution in [1.82, 2.24) is 4.90 Å². The molecule has 0 aromatic heterocycles. The van der Waals surface area contributed by atoms with Gasteiger partial charge in [-0.1, -0.05) is 81.7 Å². The van der Waals surface area contributed by atoms with Crippen LogP contribution in [0.5, 0.6) is 0 Å². The summed E-state index contributed by atoms with van der Waals surface area (Å²) in [5.41, 5.74) is 0.882. The molecule has 0 aliphatic carbocycles. The van der Waals surface area contributed by atoms with E-state index in [9.17, 15) is 14.4 Å². The van der Waals surface area contributed by atoms with Gasteiger partial charge in [-0.25, -0.2) is 9.59 Å². The molecule has 2 aliphatic heterocycles. The molecule has 2 saturated heterocycles. The Morgan fingerprint density at radius 2 is 1.55 bits per heavy atom. The number of amides is 1. The fourth-order valence-electron chi connectivity index (χ4n) is 3.97. The van der Waals surface area contributed by atoms with Crippen molar-refractivity contribution in [2.45, 2.75) is 82.9 Å². The molecule has 2 unspecified atom stereocenters. The van der Waals surface area contributed by atoms with Gasteiger partial charge in [-0.05, 0) is 18.4 Å². The SMILES string of the molecule is O=C1OCCCCCCCCCCCC2C(C1=O)N2C(=O)OCc1ccccc1. The molecule has 6 heteroatoms. The maximum atomic E-state index is 12.5. The molecular formula is C23H31NO5. The van der Waals surface area contributed by atoms with Crippen molar-refractivity contribution >= 4 is 17.8 Å². The van der Waals surface area contributed by atoms with Crippen LogP contribution in [0.4, 0.5) is 4.79 Å². The first-order valence-corrected chi connectivity index (χ1v) is 10.9. The lowest BCUT2D eigenvalue weighted by molar-refractivity contribution is -0.154. The lowest BCUT2D eigenvalue weighted by atomic mass is 10.0. The number of Topliss-reactive ketones (excluding diaryl/α,β-unsaturated/α-hetero) is 1. The highest BCUT2D eigenvalue weighted by Gasteiger charge is 2.57. The number of nitrogens with zero attached hydrogens (tertiary/aromatic N) is 1. The maximum absolute atomic E-state index is 12.5. The van der Waals surface area contributed by atoms with Crippen LogP contribution in [0.1, 0.15) is 69.8 Å². The Kier molecular flexibility index (Phi) is 8.08. The number of hydrogen-bond donors (Lipinski definition) is 0. The van der Waals surface area contributed by atoms with Gasteiger partial charge in [0.1, 0.15) is 12.6 Å². The minimum absolute atomic E-state index is 0.147. The Morgan fingerprint density at radius 3 is 2.24 bits per heavy atom. The molecular weight excluding hydrogens is 370 g/mol. The van der Waals surface area contributed by atoms with E-state index in [1.54, 1.807) is 0 Å². The van der Waals surface area contributed by atoms with Gasteiger partial charge < -0.3 is 9.47 Å². The zero-order valence-corrected chi connectivity index (χ0v) is 17.0. The summed E-state index contributed by atoms with van der Waals surface area (Å²) < 4.78 is 10.5. The van der Waals surface area contributed by atoms with E-state index < -0.39 is 23.9 Å². The molecule has 0 N–H and O–H groups in total. The molecule has 3 rings (SSSR count). The van der Waals surface area contributed by atoms with Crippen molar-refractivity contribution in [1.29, 1.82) is 0 Å². The highest BCUT2D eigenvalue weighted by molar-refractivity contribution is 6.37. The van der Waals surface area contributed by atoms with Crippen LogP contribution < -0.4 is 0 Å². The topological polar surface area (TPSA) is 72.7 Å². The molecule has 2 heterocycles. The van der Waals surface area contributed by atoms with E-state index in [-0.39, 0.29) is 19.3 Å². The van der Waals surface area contributed by atoms with Gasteiger partial charge in [0, 0.05) is 0 Å². The predicted molar refractivity (Wildman–Crippen MR) is 108 cm³/mol. The first kappa shape index (κ1) is 21.3. The van der Waals surface area contributed by atoms with E-state index in [1.807, 2.05) is 30.3 Å². The van der Waals surface area contributed by atoms with Crippen molar-refractivity contribution in [2.75, 3.05) is 6.61 Å². The van der Waals surface area contributed by atoms with E-state index >= 15 is 0 Å². The average molecular weight is 402 g/mol. The second-order valence-electron chi connectivity index (χ2n) is 7.93. The largest absolute Gasteiger partial charge is 0.460 e. The number of rotatable bonds is 2. The van der Waals surface area contributed by atoms with Crippen LogP contribution in [0.3, 0.4) is 0 Å². The Hall–Kier alpha value is -2.37. The quantitative estimate of drug-likeness (QED) is 0.417. The van der Waals surface area contributed by atoms with Crippen molar-refractivity contribution < 1.29 is 23.9 Å². The van der Waals surface area contributed by atoms with Gasteiger partial charge in [-0.3, -0.25) is 9.69 Å². The number of esters is 1. The third kappa shape index (κ3) is 6.31. The Labute approximate surface area is 172 Å². The summed E-state index contributed by atoms with van der Waals surface area (Å²) in [6.07, 6.45) is 9.95. The average Bonchev–Trinajstić information content (AvgIpc) is 3.46. The number of ketones is 1. The minimum Gasteiger partial charge on any atom is -0.460 e. The second kappa shape index (κ2) is 11.0. The number of carbonyl (C=O) groups is 3. The highest BCUT2D eigenvalue weighted by Crippen LogP contribution is 2.35. The molecule has 1 aromatic carbocycles. The van der Waals surface area contributed by atoms with Gasteiger partial charge in [0.05, 0.1) is 12.6 Å². The lowest BCUT2D eigenvalue weighted by Crippen LogP contribution is -2.27. The second-order valence-corrected chi connectivity index (χ2v) is 7.93. The van der Waals surface area contributed by atoms with E-state index in [1.165, 1.54) is 30.6 Å². The molecule has 2 atom stereocenters. The number of ether oxygens (including phenoxy) is 2. The maximum Gasteiger partial charge on any atom is 0.411 e. The first-order valence-electron chi connectivity index (χ1n) is 10.9. The third-order valence-corrected chi connectivity index (χ3v) is 5.69. The number of cyclic esters (lactones) is 1. The molecule has 1 amide bonds. The van der Waals surface area contributed by atoms with E-state index in [2.05, 4.69) is 0 Å². The van der Waals surface area contributed by atoms with Crippen LogP contribution in [0.25, 0.3) is 0 Å². The molecule has 1 aromatic rings. The van der Waals surface area contributed by atoms with E-state index in [0.29, 0.717) is 6.42 Å². The minimum atomic E-state index is -0.828. The van der Waals surface area contributed by atoms with Gasteiger partial charge in [0.25, 0.3) is 5.78 Å². The third-order valence-electron chi connectivity index (χ3n) is 5.69. The fraction of sp³-hybridized carbons (Fsp3) is 0.609. The van der Waals surface area contributed by atoms with Crippen molar-refractivity contribution in [2.24, 2.45) is 0 Å². The number of fused-ring (bicyclic) bond motifs is 1. The summed E-state index contributed by atoms with van der Waals surface area (Å²) >= 11 is 0. The first-order chi connectivity index (χ1) is 14.2. The highest BCUT2D eigenvalue weighted by atomic mass is 16.6. The summed E-state index contributed by atoms with van der Waals surface area (Å²) in [6, 6.07) is 8.41. The summed E-state index contributed by atoms with van der Waals surface area (Å²) in [5, 5.41) is 0. The Balaban J connectivity index is 1.57. The van der Waals surface area contributed by atoms with E-state index in [4.69, 9.17) is 9.47 Å². The lowest BCUT2D eigenvalue weighted by Gasteiger charge is -2.07. The zero-order valence-electron chi connectivity index (χ0n) is 17.0. The molecule has 29 heavy (non-hydrogen) atoms. The summed E-state index contributed by atoms with van der Waals surface area (Å²) in [5.74, 6) is -1.45. The van der Waals surface area contributed by atoms with Crippen LogP contribution in [-0.4, -0.2) is 41.4 Å². The van der Waals surface area contributed by atoms with Crippen molar-refractivity contribution in [3.05, 3.63) is 35.9 Å². The van der Waals surface area contributed by atoms with Crippen LogP contribution >= 0.6 is 0 Å². The standard InChI is InChI=1S/C23H31NO5/c25-21-20-19(24(20)23(27)29-17-18-13-9-8-10-14-18)15-11-6-4-2-1-3-5-7-12-16-28-22(21)26/h8-10,13-14,19-20H,1-7,11-12,15-17H2. The molecule has 0 saturated carbocycles. The molecule has 6 nitrogen and oxygen atoms in total. The van der Waals surface area contributed by atoms with Crippen LogP contribution in [-0.2, 0) is 25.7 Å². The summed E-state index contributed by atoms with van der Waals surface area (Å²) in [4.78, 5) is 38.6. The molecule has 2 fully saturated rings. The molecule has 2 aliphatic rings. The zero-order chi connectivity index (χ0) is 20.5. The monoisotopic (exact) mass is 401 g/mol. The molecule has 0 radical (unpaired) electrons. The van der Waals surface area contributed by atoms with Crippen molar-refractivity contribution in [3.8, 4) is 0 Å². The van der Waals surface area contributed by atoms with Crippen LogP contribution in [0.2, 0.25) is 0 Å². The van der Waals surface area contributed by atoms with Gasteiger partial charge in [0.2, 0.25) is 0 Å². The van der Waals surface area contributed by atoms with Gasteiger partial charge >= 0.3 is 12.1 Å². The summed E-state index contributed by atoms with van der Waals surface area (Å²) in [7, 11) is 0. The van der Waals surface area contributed by atoms with Crippen LogP contribution in [0.15, 0.2) is 30.3 Å². The number of hydrogen-bond acceptors (Lipinski definition) is 5. The normalized spacial score (nSPS) is 24.3. The Bertz CT molecular complexity index is 690. The van der Waals surface area contributed by atoms with Gasteiger partial charge in [-0.15, -0.1) is 0 Å². The predicted octanol–water partition coefficient (Wildman–Crippen LogP) is 4.40. The van der Waals surface area contributed by atoms with E-state index in [0.717, 1.165) is 37.7 Å². The smallest absolute Gasteiger partial charge is 0.411 e. The number of benzene rings is 1.